The van der Waals surface area contributed by atoms with E-state index in [9.17, 15) is 12.8 Å². The molecule has 0 aliphatic carbocycles. The second kappa shape index (κ2) is 6.36. The highest BCUT2D eigenvalue weighted by atomic mass is 32.2. The molecule has 2 aromatic rings. The predicted octanol–water partition coefficient (Wildman–Crippen LogP) is 3.16. The van der Waals surface area contributed by atoms with Crippen LogP contribution in [0.15, 0.2) is 41.3 Å². The number of methoxy groups -OCH3 is 1. The van der Waals surface area contributed by atoms with Crippen LogP contribution in [0.5, 0.6) is 5.75 Å². The molecule has 0 heterocycles. The van der Waals surface area contributed by atoms with Crippen molar-refractivity contribution in [3.63, 3.8) is 0 Å². The number of sulfone groups is 1. The number of nitrogens with one attached hydrogen (secondary N) is 1. The quantitative estimate of drug-likeness (QED) is 0.918. The van der Waals surface area contributed by atoms with Crippen molar-refractivity contribution in [1.29, 1.82) is 0 Å². The molecule has 1 N–H and O–H groups in total. The Kier molecular flexibility index (Phi) is 4.71. The lowest BCUT2D eigenvalue weighted by atomic mass is 10.1. The maximum absolute atomic E-state index is 13.6. The normalized spacial score (nSPS) is 11.3. The van der Waals surface area contributed by atoms with Gasteiger partial charge in [0.15, 0.2) is 21.4 Å². The lowest BCUT2D eigenvalue weighted by Crippen LogP contribution is -2.03. The third-order valence-electron chi connectivity index (χ3n) is 3.33. The Morgan fingerprint density at radius 3 is 2.45 bits per heavy atom. The smallest absolute Gasteiger partial charge is 0.175 e. The van der Waals surface area contributed by atoms with Crippen LogP contribution in [0.2, 0.25) is 0 Å². The second-order valence-corrected chi connectivity index (χ2v) is 7.09. The number of hydrogen-bond donors (Lipinski definition) is 1. The van der Waals surface area contributed by atoms with E-state index in [2.05, 4.69) is 5.32 Å². The van der Waals surface area contributed by atoms with Gasteiger partial charge < -0.3 is 10.1 Å². The van der Waals surface area contributed by atoms with Gasteiger partial charge in [0.05, 0.1) is 12.0 Å². The van der Waals surface area contributed by atoms with E-state index >= 15 is 0 Å². The summed E-state index contributed by atoms with van der Waals surface area (Å²) in [5.74, 6) is -0.205. The summed E-state index contributed by atoms with van der Waals surface area (Å²) in [6.45, 7) is 2.26. The molecule has 0 saturated heterocycles. The topological polar surface area (TPSA) is 55.4 Å². The highest BCUT2D eigenvalue weighted by Crippen LogP contribution is 2.22. The van der Waals surface area contributed by atoms with Crippen LogP contribution in [0.3, 0.4) is 0 Å². The molecule has 0 unspecified atom stereocenters. The Hall–Kier alpha value is -2.08. The van der Waals surface area contributed by atoms with E-state index in [0.29, 0.717) is 6.54 Å². The van der Waals surface area contributed by atoms with Gasteiger partial charge in [-0.25, -0.2) is 12.8 Å². The summed E-state index contributed by atoms with van der Waals surface area (Å²) in [6, 6.07) is 9.64. The minimum absolute atomic E-state index is 0.206. The van der Waals surface area contributed by atoms with Gasteiger partial charge in [-0.15, -0.1) is 0 Å². The van der Waals surface area contributed by atoms with Crippen LogP contribution in [-0.2, 0) is 16.4 Å². The SMILES string of the molecule is COc1ccc(CNc2ccc(S(C)(=O)=O)cc2C)cc1F. The van der Waals surface area contributed by atoms with Crippen molar-refractivity contribution in [2.24, 2.45) is 0 Å². The number of hydrogen-bond acceptors (Lipinski definition) is 4. The van der Waals surface area contributed by atoms with Gasteiger partial charge in [-0.1, -0.05) is 6.07 Å². The predicted molar refractivity (Wildman–Crippen MR) is 84.6 cm³/mol. The highest BCUT2D eigenvalue weighted by Gasteiger charge is 2.09. The van der Waals surface area contributed by atoms with Crippen LogP contribution >= 0.6 is 0 Å². The van der Waals surface area contributed by atoms with Crippen LogP contribution < -0.4 is 10.1 Å². The van der Waals surface area contributed by atoms with Gasteiger partial charge in [-0.3, -0.25) is 0 Å². The van der Waals surface area contributed by atoms with Crippen LogP contribution in [-0.4, -0.2) is 21.8 Å². The number of ether oxygens (including phenoxy) is 1. The van der Waals surface area contributed by atoms with Gasteiger partial charge in [0.1, 0.15) is 0 Å². The molecule has 0 aromatic heterocycles. The molecular formula is C16H18FNO3S. The number of benzene rings is 2. The third-order valence-corrected chi connectivity index (χ3v) is 4.44. The first-order chi connectivity index (χ1) is 10.3. The van der Waals surface area contributed by atoms with Gasteiger partial charge in [-0.05, 0) is 48.4 Å². The lowest BCUT2D eigenvalue weighted by molar-refractivity contribution is 0.386. The maximum Gasteiger partial charge on any atom is 0.175 e. The van der Waals surface area contributed by atoms with Crippen molar-refractivity contribution in [2.45, 2.75) is 18.4 Å². The molecule has 0 fully saturated rings. The third kappa shape index (κ3) is 3.76. The molecule has 6 heteroatoms. The summed E-state index contributed by atoms with van der Waals surface area (Å²) in [4.78, 5) is 0.283. The van der Waals surface area contributed by atoms with Gasteiger partial charge >= 0.3 is 0 Å². The summed E-state index contributed by atoms with van der Waals surface area (Å²) >= 11 is 0. The fourth-order valence-corrected chi connectivity index (χ4v) is 2.79. The summed E-state index contributed by atoms with van der Waals surface area (Å²) in [7, 11) is -1.79. The van der Waals surface area contributed by atoms with Crippen molar-refractivity contribution >= 4 is 15.5 Å². The van der Waals surface area contributed by atoms with E-state index in [1.807, 2.05) is 6.92 Å². The number of rotatable bonds is 5. The largest absolute Gasteiger partial charge is 0.494 e. The first-order valence-electron chi connectivity index (χ1n) is 6.68. The number of halogens is 1. The fraction of sp³-hybridized carbons (Fsp3) is 0.250. The van der Waals surface area contributed by atoms with Crippen molar-refractivity contribution in [3.8, 4) is 5.75 Å². The van der Waals surface area contributed by atoms with Crippen molar-refractivity contribution < 1.29 is 17.5 Å². The standard InChI is InChI=1S/C16H18FNO3S/c1-11-8-13(22(3,19)20)5-6-15(11)18-10-12-4-7-16(21-2)14(17)9-12/h4-9,18H,10H2,1-3H3. The summed E-state index contributed by atoms with van der Waals surface area (Å²) < 4.78 is 41.5. The summed E-state index contributed by atoms with van der Waals surface area (Å²) in [5, 5.41) is 3.17. The molecule has 0 radical (unpaired) electrons. The monoisotopic (exact) mass is 323 g/mol. The molecule has 0 spiro atoms. The number of anilines is 1. The Bertz CT molecular complexity index is 788. The molecular weight excluding hydrogens is 305 g/mol. The minimum atomic E-state index is -3.21. The molecule has 0 aliphatic rings. The highest BCUT2D eigenvalue weighted by molar-refractivity contribution is 7.90. The molecule has 2 rings (SSSR count). The zero-order valence-corrected chi connectivity index (χ0v) is 13.5. The van der Waals surface area contributed by atoms with E-state index in [1.165, 1.54) is 19.4 Å². The molecule has 118 valence electrons. The van der Waals surface area contributed by atoms with Crippen molar-refractivity contribution in [2.75, 3.05) is 18.7 Å². The zero-order chi connectivity index (χ0) is 16.3. The molecule has 2 aromatic carbocycles. The van der Waals surface area contributed by atoms with Gasteiger partial charge in [0, 0.05) is 18.5 Å². The maximum atomic E-state index is 13.6. The van der Waals surface area contributed by atoms with Gasteiger partial charge in [-0.2, -0.15) is 0 Å². The van der Waals surface area contributed by atoms with E-state index in [4.69, 9.17) is 4.74 Å². The van der Waals surface area contributed by atoms with E-state index < -0.39 is 15.7 Å². The molecule has 0 aliphatic heterocycles. The Morgan fingerprint density at radius 1 is 1.18 bits per heavy atom. The summed E-state index contributed by atoms with van der Waals surface area (Å²) in [6.07, 6.45) is 1.18. The first kappa shape index (κ1) is 16.3. The minimum Gasteiger partial charge on any atom is -0.494 e. The molecule has 0 atom stereocenters. The number of aryl methyl sites for hydroxylation is 1. The van der Waals surface area contributed by atoms with Gasteiger partial charge in [0.25, 0.3) is 0 Å². The molecule has 0 amide bonds. The van der Waals surface area contributed by atoms with Crippen LogP contribution in [0, 0.1) is 12.7 Å². The van der Waals surface area contributed by atoms with E-state index in [0.717, 1.165) is 16.8 Å². The molecule has 0 bridgehead atoms. The first-order valence-corrected chi connectivity index (χ1v) is 8.57. The molecule has 4 nitrogen and oxygen atoms in total. The molecule has 22 heavy (non-hydrogen) atoms. The van der Waals surface area contributed by atoms with Crippen LogP contribution in [0.25, 0.3) is 0 Å². The second-order valence-electron chi connectivity index (χ2n) is 5.07. The van der Waals surface area contributed by atoms with E-state index in [1.54, 1.807) is 30.3 Å². The van der Waals surface area contributed by atoms with Crippen LogP contribution in [0.4, 0.5) is 10.1 Å². The van der Waals surface area contributed by atoms with Crippen molar-refractivity contribution in [3.05, 3.63) is 53.3 Å². The Morgan fingerprint density at radius 2 is 1.91 bits per heavy atom. The Labute approximate surface area is 129 Å². The van der Waals surface area contributed by atoms with E-state index in [-0.39, 0.29) is 10.6 Å². The lowest BCUT2D eigenvalue weighted by Gasteiger charge is -2.11. The summed E-state index contributed by atoms with van der Waals surface area (Å²) in [5.41, 5.74) is 2.39. The molecule has 0 saturated carbocycles. The Balaban J connectivity index is 2.13. The van der Waals surface area contributed by atoms with Gasteiger partial charge in [0.2, 0.25) is 0 Å². The van der Waals surface area contributed by atoms with Crippen molar-refractivity contribution in [1.82, 2.24) is 0 Å². The average molecular weight is 323 g/mol. The van der Waals surface area contributed by atoms with Crippen LogP contribution in [0.1, 0.15) is 11.1 Å². The average Bonchev–Trinajstić information content (AvgIpc) is 2.45. The zero-order valence-electron chi connectivity index (χ0n) is 12.7. The fourth-order valence-electron chi connectivity index (χ4n) is 2.08.